The molecule has 0 unspecified atom stereocenters. The fraction of sp³-hybridized carbons (Fsp3) is 0.889. The second kappa shape index (κ2) is 6.79. The first-order chi connectivity index (χ1) is 4.77. The zero-order valence-electron chi connectivity index (χ0n) is 7.43. The van der Waals surface area contributed by atoms with Crippen LogP contribution in [0.2, 0.25) is 0 Å². The zero-order valence-corrected chi connectivity index (χ0v) is 7.43. The van der Waals surface area contributed by atoms with Crippen molar-refractivity contribution in [3.8, 4) is 0 Å². The maximum atomic E-state index is 4.14. The van der Waals surface area contributed by atoms with Gasteiger partial charge >= 0.3 is 0 Å². The molecular formula is C9H19N. The standard InChI is InChI=1S/C9H19N/c1-4-10-8-6-5-7-9(2)3/h4,9H,5-8H2,1-3H3/b10-4+. The van der Waals surface area contributed by atoms with Crippen molar-refractivity contribution < 1.29 is 0 Å². The molecule has 0 aliphatic carbocycles. The highest BCUT2D eigenvalue weighted by Crippen LogP contribution is 2.05. The number of unbranched alkanes of at least 4 members (excludes halogenated alkanes) is 1. The van der Waals surface area contributed by atoms with Crippen molar-refractivity contribution in [1.29, 1.82) is 0 Å². The SMILES string of the molecule is C/C=N/CCCCC(C)C. The summed E-state index contributed by atoms with van der Waals surface area (Å²) in [5.74, 6) is 0.852. The first kappa shape index (κ1) is 9.67. The third-order valence-corrected chi connectivity index (χ3v) is 1.50. The predicted octanol–water partition coefficient (Wildman–Crippen LogP) is 2.90. The van der Waals surface area contributed by atoms with Gasteiger partial charge in [0.25, 0.3) is 0 Å². The normalized spacial score (nSPS) is 11.6. The monoisotopic (exact) mass is 141 g/mol. The molecule has 1 nitrogen and oxygen atoms in total. The molecule has 0 saturated carbocycles. The van der Waals surface area contributed by atoms with Crippen LogP contribution >= 0.6 is 0 Å². The van der Waals surface area contributed by atoms with Crippen LogP contribution in [0.4, 0.5) is 0 Å². The molecule has 0 aliphatic rings. The summed E-state index contributed by atoms with van der Waals surface area (Å²) in [5, 5.41) is 0. The smallest absolute Gasteiger partial charge is 0.0385 e. The van der Waals surface area contributed by atoms with Gasteiger partial charge in [-0.3, -0.25) is 4.99 Å². The van der Waals surface area contributed by atoms with E-state index in [1.54, 1.807) is 0 Å². The third-order valence-electron chi connectivity index (χ3n) is 1.50. The van der Waals surface area contributed by atoms with Gasteiger partial charge in [0.2, 0.25) is 0 Å². The lowest BCUT2D eigenvalue weighted by Crippen LogP contribution is -1.88. The van der Waals surface area contributed by atoms with Gasteiger partial charge in [0, 0.05) is 6.54 Å². The molecular weight excluding hydrogens is 122 g/mol. The maximum Gasteiger partial charge on any atom is 0.0385 e. The predicted molar refractivity (Wildman–Crippen MR) is 47.7 cm³/mol. The van der Waals surface area contributed by atoms with Crippen molar-refractivity contribution in [2.75, 3.05) is 6.54 Å². The fourth-order valence-corrected chi connectivity index (χ4v) is 0.885. The van der Waals surface area contributed by atoms with Gasteiger partial charge < -0.3 is 0 Å². The summed E-state index contributed by atoms with van der Waals surface area (Å²) >= 11 is 0. The number of rotatable bonds is 5. The van der Waals surface area contributed by atoms with Gasteiger partial charge in [0.05, 0.1) is 0 Å². The Bertz CT molecular complexity index is 84.7. The summed E-state index contributed by atoms with van der Waals surface area (Å²) in [5.41, 5.74) is 0. The number of nitrogens with zero attached hydrogens (tertiary/aromatic N) is 1. The molecule has 0 radical (unpaired) electrons. The molecule has 1 heteroatoms. The molecule has 0 fully saturated rings. The van der Waals surface area contributed by atoms with E-state index in [1.165, 1.54) is 19.3 Å². The van der Waals surface area contributed by atoms with Crippen LogP contribution in [0, 0.1) is 5.92 Å². The third kappa shape index (κ3) is 7.67. The van der Waals surface area contributed by atoms with E-state index in [0.29, 0.717) is 0 Å². The summed E-state index contributed by atoms with van der Waals surface area (Å²) < 4.78 is 0. The molecule has 0 saturated heterocycles. The van der Waals surface area contributed by atoms with Crippen LogP contribution < -0.4 is 0 Å². The van der Waals surface area contributed by atoms with Crippen molar-refractivity contribution in [2.45, 2.75) is 40.0 Å². The largest absolute Gasteiger partial charge is 0.298 e. The highest BCUT2D eigenvalue weighted by Gasteiger charge is 1.91. The molecule has 0 rings (SSSR count). The topological polar surface area (TPSA) is 12.4 Å². The van der Waals surface area contributed by atoms with E-state index < -0.39 is 0 Å². The lowest BCUT2D eigenvalue weighted by atomic mass is 10.1. The second-order valence-corrected chi connectivity index (χ2v) is 3.05. The van der Waals surface area contributed by atoms with Gasteiger partial charge in [-0.15, -0.1) is 0 Å². The van der Waals surface area contributed by atoms with E-state index in [4.69, 9.17) is 0 Å². The summed E-state index contributed by atoms with van der Waals surface area (Å²) in [6.45, 7) is 7.53. The Hall–Kier alpha value is -0.330. The number of hydrogen-bond donors (Lipinski definition) is 0. The molecule has 0 heterocycles. The molecule has 0 aliphatic heterocycles. The molecule has 0 N–H and O–H groups in total. The van der Waals surface area contributed by atoms with E-state index in [9.17, 15) is 0 Å². The Morgan fingerprint density at radius 2 is 2.00 bits per heavy atom. The van der Waals surface area contributed by atoms with E-state index in [-0.39, 0.29) is 0 Å². The quantitative estimate of drug-likeness (QED) is 0.412. The average molecular weight is 141 g/mol. The van der Waals surface area contributed by atoms with Crippen LogP contribution in [0.1, 0.15) is 40.0 Å². The Morgan fingerprint density at radius 1 is 1.30 bits per heavy atom. The van der Waals surface area contributed by atoms with Crippen molar-refractivity contribution in [3.63, 3.8) is 0 Å². The van der Waals surface area contributed by atoms with Gasteiger partial charge in [-0.05, 0) is 25.5 Å². The molecule has 0 spiro atoms. The first-order valence-electron chi connectivity index (χ1n) is 4.21. The average Bonchev–Trinajstić information content (AvgIpc) is 1.87. The lowest BCUT2D eigenvalue weighted by molar-refractivity contribution is 0.542. The lowest BCUT2D eigenvalue weighted by Gasteiger charge is -2.01. The van der Waals surface area contributed by atoms with Crippen LogP contribution in [-0.4, -0.2) is 12.8 Å². The van der Waals surface area contributed by atoms with Gasteiger partial charge in [-0.1, -0.05) is 26.7 Å². The van der Waals surface area contributed by atoms with Crippen LogP contribution in [0.25, 0.3) is 0 Å². The summed E-state index contributed by atoms with van der Waals surface area (Å²) in [4.78, 5) is 4.14. The number of aliphatic imine (C=N–C) groups is 1. The molecule has 0 aromatic heterocycles. The van der Waals surface area contributed by atoms with Gasteiger partial charge in [-0.2, -0.15) is 0 Å². The van der Waals surface area contributed by atoms with E-state index in [0.717, 1.165) is 12.5 Å². The Labute approximate surface area is 64.6 Å². The molecule has 0 amide bonds. The molecule has 10 heavy (non-hydrogen) atoms. The minimum absolute atomic E-state index is 0.852. The Kier molecular flexibility index (Phi) is 6.56. The fourth-order valence-electron chi connectivity index (χ4n) is 0.885. The molecule has 0 aromatic rings. The van der Waals surface area contributed by atoms with Crippen LogP contribution in [-0.2, 0) is 0 Å². The highest BCUT2D eigenvalue weighted by atomic mass is 14.7. The molecule has 60 valence electrons. The van der Waals surface area contributed by atoms with E-state index in [2.05, 4.69) is 18.8 Å². The van der Waals surface area contributed by atoms with Crippen LogP contribution in [0.5, 0.6) is 0 Å². The zero-order chi connectivity index (χ0) is 7.82. The van der Waals surface area contributed by atoms with Crippen LogP contribution in [0.15, 0.2) is 4.99 Å². The molecule has 0 aromatic carbocycles. The first-order valence-corrected chi connectivity index (χ1v) is 4.21. The van der Waals surface area contributed by atoms with E-state index in [1.807, 2.05) is 13.1 Å². The van der Waals surface area contributed by atoms with Crippen molar-refractivity contribution in [3.05, 3.63) is 0 Å². The van der Waals surface area contributed by atoms with E-state index >= 15 is 0 Å². The van der Waals surface area contributed by atoms with Gasteiger partial charge in [0.1, 0.15) is 0 Å². The maximum absolute atomic E-state index is 4.14. The number of hydrogen-bond acceptors (Lipinski definition) is 1. The Morgan fingerprint density at radius 3 is 2.50 bits per heavy atom. The summed E-state index contributed by atoms with van der Waals surface area (Å²) in [6.07, 6.45) is 5.81. The molecule has 0 bridgehead atoms. The van der Waals surface area contributed by atoms with Gasteiger partial charge in [0.15, 0.2) is 0 Å². The minimum Gasteiger partial charge on any atom is -0.298 e. The second-order valence-electron chi connectivity index (χ2n) is 3.05. The highest BCUT2D eigenvalue weighted by molar-refractivity contribution is 5.53. The summed E-state index contributed by atoms with van der Waals surface area (Å²) in [6, 6.07) is 0. The van der Waals surface area contributed by atoms with Crippen molar-refractivity contribution in [1.82, 2.24) is 0 Å². The minimum atomic E-state index is 0.852. The Balaban J connectivity index is 2.91. The molecule has 0 atom stereocenters. The van der Waals surface area contributed by atoms with Gasteiger partial charge in [-0.25, -0.2) is 0 Å². The van der Waals surface area contributed by atoms with Crippen LogP contribution in [0.3, 0.4) is 0 Å². The van der Waals surface area contributed by atoms with Crippen molar-refractivity contribution >= 4 is 6.21 Å². The van der Waals surface area contributed by atoms with Crippen molar-refractivity contribution in [2.24, 2.45) is 10.9 Å². The summed E-state index contributed by atoms with van der Waals surface area (Å²) in [7, 11) is 0.